The average Bonchev–Trinajstić information content (AvgIpc) is 3.04. The van der Waals surface area contributed by atoms with Crippen LogP contribution < -0.4 is 10.2 Å². The lowest BCUT2D eigenvalue weighted by molar-refractivity contribution is 0.414. The second-order valence-corrected chi connectivity index (χ2v) is 7.06. The second-order valence-electron chi connectivity index (χ2n) is 4.92. The minimum atomic E-state index is 0.427. The van der Waals surface area contributed by atoms with E-state index in [0.29, 0.717) is 31.5 Å². The van der Waals surface area contributed by atoms with Crippen molar-refractivity contribution in [2.75, 3.05) is 12.5 Å². The normalized spacial score (nSPS) is 11.0. The second kappa shape index (κ2) is 8.06. The predicted octanol–water partition coefficient (Wildman–Crippen LogP) is 6.22. The van der Waals surface area contributed by atoms with Gasteiger partial charge in [0, 0.05) is 26.6 Å². The summed E-state index contributed by atoms with van der Waals surface area (Å²) in [5.74, 6) is 0.512. The van der Waals surface area contributed by atoms with Gasteiger partial charge in [0.25, 0.3) is 0 Å². The average molecular weight is 413 g/mol. The third-order valence-corrected chi connectivity index (χ3v) is 4.75. The Bertz CT molecular complexity index is 910. The van der Waals surface area contributed by atoms with Crippen molar-refractivity contribution in [3.05, 3.63) is 62.4 Å². The molecular formula is C17H12Cl3N3OS. The third-order valence-electron chi connectivity index (χ3n) is 3.25. The summed E-state index contributed by atoms with van der Waals surface area (Å²) in [6.45, 7) is 0. The van der Waals surface area contributed by atoms with Crippen molar-refractivity contribution in [1.82, 2.24) is 4.98 Å². The Labute approximate surface area is 164 Å². The van der Waals surface area contributed by atoms with E-state index in [9.17, 15) is 0 Å². The highest BCUT2D eigenvalue weighted by molar-refractivity contribution is 7.14. The fourth-order valence-corrected chi connectivity index (χ4v) is 3.51. The number of benzene rings is 2. The standard InChI is InChI=1S/C17H12Cl3N3OS/c1-24-16-11(6-13(19)7-14(16)20)8-21-23-17-22-15(9-25-17)10-2-4-12(18)5-3-10/h2-9H,1H3,(H,22,23)/b21-8+. The monoisotopic (exact) mass is 411 g/mol. The summed E-state index contributed by atoms with van der Waals surface area (Å²) < 4.78 is 5.27. The molecule has 128 valence electrons. The van der Waals surface area contributed by atoms with E-state index in [1.54, 1.807) is 25.5 Å². The molecule has 0 aliphatic carbocycles. The van der Waals surface area contributed by atoms with E-state index in [4.69, 9.17) is 39.5 Å². The molecule has 0 fully saturated rings. The Morgan fingerprint density at radius 3 is 2.60 bits per heavy atom. The number of aromatic nitrogens is 1. The molecule has 0 saturated carbocycles. The number of ether oxygens (including phenoxy) is 1. The highest BCUT2D eigenvalue weighted by Crippen LogP contribution is 2.31. The van der Waals surface area contributed by atoms with Gasteiger partial charge in [-0.05, 0) is 24.3 Å². The summed E-state index contributed by atoms with van der Waals surface area (Å²) >= 11 is 19.5. The van der Waals surface area contributed by atoms with Gasteiger partial charge in [-0.15, -0.1) is 11.3 Å². The van der Waals surface area contributed by atoms with Gasteiger partial charge < -0.3 is 4.74 Å². The molecule has 0 bridgehead atoms. The molecule has 8 heteroatoms. The molecule has 0 aliphatic rings. The molecule has 0 unspecified atom stereocenters. The lowest BCUT2D eigenvalue weighted by Crippen LogP contribution is -1.95. The van der Waals surface area contributed by atoms with Crippen molar-refractivity contribution < 1.29 is 4.74 Å². The van der Waals surface area contributed by atoms with Crippen LogP contribution in [0.4, 0.5) is 5.13 Å². The number of methoxy groups -OCH3 is 1. The number of halogens is 3. The first-order valence-corrected chi connectivity index (χ1v) is 9.12. The van der Waals surface area contributed by atoms with E-state index in [1.807, 2.05) is 29.6 Å². The van der Waals surface area contributed by atoms with Gasteiger partial charge in [0.05, 0.1) is 24.0 Å². The van der Waals surface area contributed by atoms with Crippen LogP contribution in [0.25, 0.3) is 11.3 Å². The minimum absolute atomic E-state index is 0.427. The highest BCUT2D eigenvalue weighted by atomic mass is 35.5. The van der Waals surface area contributed by atoms with Crippen LogP contribution in [0, 0.1) is 0 Å². The van der Waals surface area contributed by atoms with E-state index in [-0.39, 0.29) is 0 Å². The van der Waals surface area contributed by atoms with Crippen LogP contribution in [0.1, 0.15) is 5.56 Å². The van der Waals surface area contributed by atoms with Crippen LogP contribution in [0.2, 0.25) is 15.1 Å². The Balaban J connectivity index is 1.74. The number of hydrazone groups is 1. The van der Waals surface area contributed by atoms with Crippen LogP contribution in [-0.2, 0) is 0 Å². The maximum atomic E-state index is 6.10. The van der Waals surface area contributed by atoms with Crippen molar-refractivity contribution in [3.8, 4) is 17.0 Å². The Morgan fingerprint density at radius 1 is 1.12 bits per heavy atom. The molecule has 3 rings (SSSR count). The van der Waals surface area contributed by atoms with E-state index >= 15 is 0 Å². The molecule has 0 spiro atoms. The van der Waals surface area contributed by atoms with Gasteiger partial charge in [0.1, 0.15) is 5.75 Å². The SMILES string of the molecule is COc1c(Cl)cc(Cl)cc1/C=N/Nc1nc(-c2ccc(Cl)cc2)cs1. The molecule has 0 saturated heterocycles. The van der Waals surface area contributed by atoms with Gasteiger partial charge in [-0.2, -0.15) is 5.10 Å². The number of hydrogen-bond acceptors (Lipinski definition) is 5. The topological polar surface area (TPSA) is 46.5 Å². The van der Waals surface area contributed by atoms with Crippen LogP contribution in [-0.4, -0.2) is 18.3 Å². The lowest BCUT2D eigenvalue weighted by Gasteiger charge is -2.07. The van der Waals surface area contributed by atoms with Crippen molar-refractivity contribution in [2.24, 2.45) is 5.10 Å². The van der Waals surface area contributed by atoms with Gasteiger partial charge in [0.15, 0.2) is 0 Å². The summed E-state index contributed by atoms with van der Waals surface area (Å²) in [7, 11) is 1.54. The maximum Gasteiger partial charge on any atom is 0.203 e. The summed E-state index contributed by atoms with van der Waals surface area (Å²) in [6, 6.07) is 10.8. The van der Waals surface area contributed by atoms with Crippen molar-refractivity contribution in [1.29, 1.82) is 0 Å². The molecule has 4 nitrogen and oxygen atoms in total. The molecule has 0 atom stereocenters. The fraction of sp³-hybridized carbons (Fsp3) is 0.0588. The number of rotatable bonds is 5. The third kappa shape index (κ3) is 4.44. The molecule has 1 N–H and O–H groups in total. The number of thiazole rings is 1. The zero-order chi connectivity index (χ0) is 17.8. The van der Waals surface area contributed by atoms with Crippen molar-refractivity contribution in [2.45, 2.75) is 0 Å². The number of nitrogens with zero attached hydrogens (tertiary/aromatic N) is 2. The molecular weight excluding hydrogens is 401 g/mol. The summed E-state index contributed by atoms with van der Waals surface area (Å²) in [5, 5.41) is 8.40. The Hall–Kier alpha value is -1.79. The Morgan fingerprint density at radius 2 is 1.88 bits per heavy atom. The van der Waals surface area contributed by atoms with Gasteiger partial charge in [-0.25, -0.2) is 4.98 Å². The first kappa shape index (κ1) is 18.0. The van der Waals surface area contributed by atoms with Crippen molar-refractivity contribution >= 4 is 57.5 Å². The van der Waals surface area contributed by atoms with Gasteiger partial charge >= 0.3 is 0 Å². The van der Waals surface area contributed by atoms with Crippen molar-refractivity contribution in [3.63, 3.8) is 0 Å². The van der Waals surface area contributed by atoms with E-state index < -0.39 is 0 Å². The summed E-state index contributed by atoms with van der Waals surface area (Å²) in [5.41, 5.74) is 5.40. The largest absolute Gasteiger partial charge is 0.495 e. The molecule has 1 heterocycles. The van der Waals surface area contributed by atoms with Gasteiger partial charge in [0.2, 0.25) is 5.13 Å². The highest BCUT2D eigenvalue weighted by Gasteiger charge is 2.08. The van der Waals surface area contributed by atoms with Gasteiger partial charge in [-0.3, -0.25) is 5.43 Å². The quantitative estimate of drug-likeness (QED) is 0.399. The molecule has 0 aliphatic heterocycles. The molecule has 3 aromatic rings. The molecule has 0 radical (unpaired) electrons. The summed E-state index contributed by atoms with van der Waals surface area (Å²) in [6.07, 6.45) is 1.58. The summed E-state index contributed by atoms with van der Waals surface area (Å²) in [4.78, 5) is 4.49. The first-order valence-electron chi connectivity index (χ1n) is 7.10. The maximum absolute atomic E-state index is 6.10. The van der Waals surface area contributed by atoms with Crippen LogP contribution in [0.15, 0.2) is 46.9 Å². The molecule has 25 heavy (non-hydrogen) atoms. The molecule has 1 aromatic heterocycles. The van der Waals surface area contributed by atoms with Crippen LogP contribution in [0.3, 0.4) is 0 Å². The van der Waals surface area contributed by atoms with E-state index in [1.165, 1.54) is 11.3 Å². The Kier molecular flexibility index (Phi) is 5.81. The fourth-order valence-electron chi connectivity index (χ4n) is 2.13. The zero-order valence-corrected chi connectivity index (χ0v) is 16.0. The number of nitrogens with one attached hydrogen (secondary N) is 1. The minimum Gasteiger partial charge on any atom is -0.495 e. The smallest absolute Gasteiger partial charge is 0.203 e. The van der Waals surface area contributed by atoms with E-state index in [0.717, 1.165) is 11.3 Å². The lowest BCUT2D eigenvalue weighted by atomic mass is 10.2. The van der Waals surface area contributed by atoms with Gasteiger partial charge in [-0.1, -0.05) is 46.9 Å². The first-order chi connectivity index (χ1) is 12.1. The molecule has 2 aromatic carbocycles. The number of hydrogen-bond donors (Lipinski definition) is 1. The van der Waals surface area contributed by atoms with Crippen LogP contribution >= 0.6 is 46.1 Å². The number of anilines is 1. The van der Waals surface area contributed by atoms with E-state index in [2.05, 4.69) is 15.5 Å². The molecule has 0 amide bonds. The predicted molar refractivity (Wildman–Crippen MR) is 107 cm³/mol. The van der Waals surface area contributed by atoms with Crippen LogP contribution in [0.5, 0.6) is 5.75 Å². The zero-order valence-electron chi connectivity index (χ0n) is 13.0.